The second-order valence-corrected chi connectivity index (χ2v) is 6.33. The Kier molecular flexibility index (Phi) is 4.68. The van der Waals surface area contributed by atoms with E-state index < -0.39 is 0 Å². The van der Waals surface area contributed by atoms with Gasteiger partial charge in [0, 0.05) is 51.7 Å². The van der Waals surface area contributed by atoms with Crippen LogP contribution in [0, 0.1) is 0 Å². The van der Waals surface area contributed by atoms with Gasteiger partial charge in [0.05, 0.1) is 17.3 Å². The molecular formula is C16H24N4O3. The molecule has 2 saturated heterocycles. The van der Waals surface area contributed by atoms with E-state index in [9.17, 15) is 9.59 Å². The Bertz CT molecular complexity index is 631. The van der Waals surface area contributed by atoms with Crippen LogP contribution in [0.5, 0.6) is 0 Å². The van der Waals surface area contributed by atoms with E-state index in [0.29, 0.717) is 24.5 Å². The first-order chi connectivity index (χ1) is 11.1. The molecule has 126 valence electrons. The molecule has 0 radical (unpaired) electrons. The van der Waals surface area contributed by atoms with Gasteiger partial charge >= 0.3 is 0 Å². The molecule has 0 bridgehead atoms. The highest BCUT2D eigenvalue weighted by Crippen LogP contribution is 2.23. The number of likely N-dealkylation sites (tertiary alicyclic amines) is 1. The summed E-state index contributed by atoms with van der Waals surface area (Å²) in [6, 6.07) is 1.93. The number of nitrogens with one attached hydrogen (secondary N) is 2. The number of pyridine rings is 1. The molecule has 0 aromatic carbocycles. The van der Waals surface area contributed by atoms with Gasteiger partial charge in [-0.3, -0.25) is 9.59 Å². The fraction of sp³-hybridized carbons (Fsp3) is 0.625. The van der Waals surface area contributed by atoms with Crippen LogP contribution in [0.2, 0.25) is 0 Å². The molecule has 3 heterocycles. The average molecular weight is 320 g/mol. The molecule has 1 amide bonds. The predicted octanol–water partition coefficient (Wildman–Crippen LogP) is 0.285. The number of amides is 1. The number of carbonyl (C=O) groups is 1. The second kappa shape index (κ2) is 6.72. The lowest BCUT2D eigenvalue weighted by atomic mass is 10.1. The SMILES string of the molecule is CNC(=O)c1cn(C2CCOCC2)c(=O)cc1NC1CN(C)C1. The summed E-state index contributed by atoms with van der Waals surface area (Å²) < 4.78 is 7.04. The van der Waals surface area contributed by atoms with Gasteiger partial charge in [-0.1, -0.05) is 0 Å². The molecule has 0 saturated carbocycles. The van der Waals surface area contributed by atoms with Crippen molar-refractivity contribution in [1.29, 1.82) is 0 Å². The maximum absolute atomic E-state index is 12.5. The van der Waals surface area contributed by atoms with Crippen LogP contribution in [-0.2, 0) is 4.74 Å². The van der Waals surface area contributed by atoms with Gasteiger partial charge in [-0.05, 0) is 19.9 Å². The Morgan fingerprint density at radius 2 is 2.00 bits per heavy atom. The molecule has 0 spiro atoms. The number of rotatable bonds is 4. The minimum absolute atomic E-state index is 0.0697. The van der Waals surface area contributed by atoms with Crippen molar-refractivity contribution < 1.29 is 9.53 Å². The van der Waals surface area contributed by atoms with Gasteiger partial charge in [0.25, 0.3) is 11.5 Å². The van der Waals surface area contributed by atoms with E-state index in [1.165, 1.54) is 0 Å². The van der Waals surface area contributed by atoms with Crippen LogP contribution in [0.4, 0.5) is 5.69 Å². The van der Waals surface area contributed by atoms with E-state index in [0.717, 1.165) is 25.9 Å². The third-order valence-electron chi connectivity index (χ3n) is 4.56. The monoisotopic (exact) mass is 320 g/mol. The summed E-state index contributed by atoms with van der Waals surface area (Å²) in [7, 11) is 3.65. The average Bonchev–Trinajstić information content (AvgIpc) is 2.53. The Morgan fingerprint density at radius 1 is 1.30 bits per heavy atom. The Hall–Kier alpha value is -1.86. The summed E-state index contributed by atoms with van der Waals surface area (Å²) in [6.07, 6.45) is 3.29. The highest BCUT2D eigenvalue weighted by molar-refractivity contribution is 5.99. The van der Waals surface area contributed by atoms with E-state index in [1.54, 1.807) is 23.9 Å². The van der Waals surface area contributed by atoms with Crippen molar-refractivity contribution in [3.63, 3.8) is 0 Å². The number of hydrogen-bond donors (Lipinski definition) is 2. The summed E-state index contributed by atoms with van der Waals surface area (Å²) >= 11 is 0. The zero-order valence-corrected chi connectivity index (χ0v) is 13.7. The Morgan fingerprint density at radius 3 is 2.61 bits per heavy atom. The molecule has 0 atom stereocenters. The zero-order chi connectivity index (χ0) is 16.4. The van der Waals surface area contributed by atoms with E-state index >= 15 is 0 Å². The summed E-state index contributed by atoms with van der Waals surface area (Å²) in [5, 5.41) is 5.98. The smallest absolute Gasteiger partial charge is 0.254 e. The normalized spacial score (nSPS) is 20.1. The summed E-state index contributed by atoms with van der Waals surface area (Å²) in [6.45, 7) is 3.13. The number of anilines is 1. The lowest BCUT2D eigenvalue weighted by Gasteiger charge is -2.37. The molecule has 3 rings (SSSR count). The molecule has 2 fully saturated rings. The molecule has 2 aliphatic rings. The molecular weight excluding hydrogens is 296 g/mol. The van der Waals surface area contributed by atoms with Crippen molar-refractivity contribution in [2.24, 2.45) is 0 Å². The highest BCUT2D eigenvalue weighted by atomic mass is 16.5. The van der Waals surface area contributed by atoms with Crippen LogP contribution in [0.25, 0.3) is 0 Å². The van der Waals surface area contributed by atoms with E-state index in [4.69, 9.17) is 4.74 Å². The molecule has 23 heavy (non-hydrogen) atoms. The third kappa shape index (κ3) is 3.40. The van der Waals surface area contributed by atoms with Crippen molar-refractivity contribution in [2.75, 3.05) is 45.7 Å². The molecule has 0 unspecified atom stereocenters. The second-order valence-electron chi connectivity index (χ2n) is 6.33. The Labute approximate surface area is 135 Å². The first kappa shape index (κ1) is 16.0. The van der Waals surface area contributed by atoms with Crippen LogP contribution >= 0.6 is 0 Å². The van der Waals surface area contributed by atoms with E-state index in [1.807, 2.05) is 7.05 Å². The van der Waals surface area contributed by atoms with Gasteiger partial charge in [0.2, 0.25) is 0 Å². The summed E-state index contributed by atoms with van der Waals surface area (Å²) in [5.41, 5.74) is 1.07. The van der Waals surface area contributed by atoms with Crippen molar-refractivity contribution in [1.82, 2.24) is 14.8 Å². The van der Waals surface area contributed by atoms with E-state index in [2.05, 4.69) is 15.5 Å². The topological polar surface area (TPSA) is 75.6 Å². The summed E-state index contributed by atoms with van der Waals surface area (Å²) in [4.78, 5) is 26.9. The molecule has 2 N–H and O–H groups in total. The van der Waals surface area contributed by atoms with Gasteiger partial charge in [0.1, 0.15) is 0 Å². The van der Waals surface area contributed by atoms with E-state index in [-0.39, 0.29) is 23.6 Å². The lowest BCUT2D eigenvalue weighted by Crippen LogP contribution is -2.52. The van der Waals surface area contributed by atoms with Crippen LogP contribution in [0.15, 0.2) is 17.1 Å². The van der Waals surface area contributed by atoms with Crippen molar-refractivity contribution in [3.05, 3.63) is 28.2 Å². The van der Waals surface area contributed by atoms with Crippen LogP contribution in [0.1, 0.15) is 29.2 Å². The fourth-order valence-corrected chi connectivity index (χ4v) is 3.24. The zero-order valence-electron chi connectivity index (χ0n) is 13.7. The molecule has 7 heteroatoms. The number of aromatic nitrogens is 1. The first-order valence-corrected chi connectivity index (χ1v) is 8.09. The molecule has 0 aliphatic carbocycles. The number of hydrogen-bond acceptors (Lipinski definition) is 5. The van der Waals surface area contributed by atoms with Gasteiger partial charge in [-0.2, -0.15) is 0 Å². The van der Waals surface area contributed by atoms with Crippen LogP contribution in [-0.4, -0.2) is 61.8 Å². The number of nitrogens with zero attached hydrogens (tertiary/aromatic N) is 2. The van der Waals surface area contributed by atoms with Crippen LogP contribution in [0.3, 0.4) is 0 Å². The standard InChI is InChI=1S/C16H24N4O3/c1-17-16(22)13-10-20(12-3-5-23-6-4-12)15(21)7-14(13)18-11-8-19(2)9-11/h7,10-12,18H,3-6,8-9H2,1-2H3,(H,17,22). The largest absolute Gasteiger partial charge is 0.381 e. The molecule has 1 aromatic rings. The van der Waals surface area contributed by atoms with Gasteiger partial charge in [-0.15, -0.1) is 0 Å². The Balaban J connectivity index is 1.90. The summed E-state index contributed by atoms with van der Waals surface area (Å²) in [5.74, 6) is -0.180. The molecule has 2 aliphatic heterocycles. The molecule has 1 aromatic heterocycles. The number of ether oxygens (including phenoxy) is 1. The highest BCUT2D eigenvalue weighted by Gasteiger charge is 2.26. The maximum atomic E-state index is 12.5. The number of carbonyl (C=O) groups excluding carboxylic acids is 1. The maximum Gasteiger partial charge on any atom is 0.254 e. The van der Waals surface area contributed by atoms with Gasteiger partial charge in [0.15, 0.2) is 0 Å². The lowest BCUT2D eigenvalue weighted by molar-refractivity contribution is 0.0685. The van der Waals surface area contributed by atoms with Gasteiger partial charge in [-0.25, -0.2) is 0 Å². The fourth-order valence-electron chi connectivity index (χ4n) is 3.24. The third-order valence-corrected chi connectivity index (χ3v) is 4.56. The first-order valence-electron chi connectivity index (χ1n) is 8.09. The van der Waals surface area contributed by atoms with Crippen LogP contribution < -0.4 is 16.2 Å². The minimum atomic E-state index is -0.180. The predicted molar refractivity (Wildman–Crippen MR) is 88.1 cm³/mol. The molecule has 7 nitrogen and oxygen atoms in total. The number of likely N-dealkylation sites (N-methyl/N-ethyl adjacent to an activating group) is 1. The van der Waals surface area contributed by atoms with Crippen molar-refractivity contribution >= 4 is 11.6 Å². The quantitative estimate of drug-likeness (QED) is 0.834. The van der Waals surface area contributed by atoms with Gasteiger partial charge < -0.3 is 24.8 Å². The minimum Gasteiger partial charge on any atom is -0.381 e. The van der Waals surface area contributed by atoms with Crippen molar-refractivity contribution in [3.8, 4) is 0 Å². The van der Waals surface area contributed by atoms with Crippen molar-refractivity contribution in [2.45, 2.75) is 24.9 Å².